The van der Waals surface area contributed by atoms with Crippen molar-refractivity contribution in [3.8, 4) is 11.5 Å². The number of amides is 1. The van der Waals surface area contributed by atoms with E-state index in [2.05, 4.69) is 27.5 Å². The highest BCUT2D eigenvalue weighted by Crippen LogP contribution is 2.17. The van der Waals surface area contributed by atoms with Crippen LogP contribution in [0.1, 0.15) is 56.2 Å². The van der Waals surface area contributed by atoms with Gasteiger partial charge in [-0.2, -0.15) is 0 Å². The third-order valence-electron chi connectivity index (χ3n) is 4.92. The second-order valence-electron chi connectivity index (χ2n) is 7.78. The molecule has 1 amide bonds. The molecule has 0 radical (unpaired) electrons. The van der Waals surface area contributed by atoms with Crippen molar-refractivity contribution in [2.45, 2.75) is 52.5 Å². The molecule has 2 aromatic rings. The highest BCUT2D eigenvalue weighted by atomic mass is 16.5. The first-order valence-electron chi connectivity index (χ1n) is 11.8. The van der Waals surface area contributed by atoms with Crippen molar-refractivity contribution >= 4 is 17.9 Å². The van der Waals surface area contributed by atoms with E-state index in [9.17, 15) is 9.59 Å². The maximum absolute atomic E-state index is 12.5. The van der Waals surface area contributed by atoms with Crippen molar-refractivity contribution in [3.05, 3.63) is 54.4 Å². The van der Waals surface area contributed by atoms with Gasteiger partial charge in [0.15, 0.2) is 5.69 Å². The summed E-state index contributed by atoms with van der Waals surface area (Å²) in [5.74, 6) is 1.57. The van der Waals surface area contributed by atoms with E-state index in [-0.39, 0.29) is 17.7 Å². The molecule has 1 atom stereocenters. The first-order valence-corrected chi connectivity index (χ1v) is 11.8. The van der Waals surface area contributed by atoms with Crippen molar-refractivity contribution in [1.29, 1.82) is 0 Å². The van der Waals surface area contributed by atoms with Crippen LogP contribution in [0.4, 0.5) is 0 Å². The minimum atomic E-state index is -0.189. The number of rotatable bonds is 14. The number of likely N-dealkylation sites (N-methyl/N-ethyl adjacent to an activating group) is 1. The minimum Gasteiger partial charge on any atom is -0.497 e. The zero-order chi connectivity index (χ0) is 26.1. The highest BCUT2D eigenvalue weighted by Gasteiger charge is 2.19. The van der Waals surface area contributed by atoms with Crippen LogP contribution < -0.4 is 20.1 Å². The second-order valence-corrected chi connectivity index (χ2v) is 7.78. The molecule has 1 aromatic heterocycles. The Balaban J connectivity index is 0.000000658. The van der Waals surface area contributed by atoms with Gasteiger partial charge in [0.05, 0.1) is 26.0 Å². The smallest absolute Gasteiger partial charge is 0.273 e. The van der Waals surface area contributed by atoms with Gasteiger partial charge in [0.1, 0.15) is 17.3 Å². The second kappa shape index (κ2) is 17.0. The Kier molecular flexibility index (Phi) is 14.4. The Bertz CT molecular complexity index is 938. The summed E-state index contributed by atoms with van der Waals surface area (Å²) in [6.45, 7) is 10.3. The molecule has 1 aromatic carbocycles. The molecule has 1 unspecified atom stereocenters. The van der Waals surface area contributed by atoms with E-state index in [4.69, 9.17) is 9.47 Å². The van der Waals surface area contributed by atoms with E-state index < -0.39 is 0 Å². The number of hydrogen-bond acceptors (Lipinski definition) is 7. The molecule has 9 nitrogen and oxygen atoms in total. The summed E-state index contributed by atoms with van der Waals surface area (Å²) in [4.78, 5) is 23.0. The van der Waals surface area contributed by atoms with Crippen LogP contribution in [0, 0.1) is 0 Å². The Morgan fingerprint density at radius 3 is 2.49 bits per heavy atom. The van der Waals surface area contributed by atoms with Crippen molar-refractivity contribution in [3.63, 3.8) is 0 Å². The summed E-state index contributed by atoms with van der Waals surface area (Å²) in [5.41, 5.74) is 1.16. The lowest BCUT2D eigenvalue weighted by molar-refractivity contribution is -0.117. The first-order chi connectivity index (χ1) is 16.9. The van der Waals surface area contributed by atoms with Gasteiger partial charge in [-0.25, -0.2) is 4.68 Å². The quantitative estimate of drug-likeness (QED) is 0.311. The number of carbonyl (C=O) groups is 2. The molecule has 0 aliphatic rings. The van der Waals surface area contributed by atoms with E-state index in [1.807, 2.05) is 51.1 Å². The SMILES string of the molecule is C/C=C/n1nnc(C(=O)NC(C)CC)c1CCCOc1ccc(OC)cc1.C=CCC(=O)CNC. The number of aromatic nitrogens is 3. The molecule has 2 rings (SSSR count). The van der Waals surface area contributed by atoms with Gasteiger partial charge in [-0.1, -0.05) is 24.3 Å². The van der Waals surface area contributed by atoms with Gasteiger partial charge < -0.3 is 20.1 Å². The Morgan fingerprint density at radius 2 is 1.91 bits per heavy atom. The number of benzene rings is 1. The van der Waals surface area contributed by atoms with Gasteiger partial charge in [-0.3, -0.25) is 9.59 Å². The standard InChI is InChI=1S/C20H28N4O3.C6H11NO/c1-5-13-24-18(19(22-23-24)20(25)21-15(3)6-2)8-7-14-27-17-11-9-16(26-4)10-12-17;1-3-4-6(8)5-7-2/h5,9-13,15H,6-8,14H2,1-4H3,(H,21,25);3,7H,1,4-5H2,2H3/b13-5+;. The van der Waals surface area contributed by atoms with Crippen LogP contribution in [0.15, 0.2) is 43.0 Å². The van der Waals surface area contributed by atoms with Gasteiger partial charge >= 0.3 is 0 Å². The maximum atomic E-state index is 12.5. The number of ketones is 1. The molecule has 0 fully saturated rings. The van der Waals surface area contributed by atoms with E-state index in [0.29, 0.717) is 31.7 Å². The van der Waals surface area contributed by atoms with Crippen LogP contribution in [0.5, 0.6) is 11.5 Å². The fraction of sp³-hybridized carbons (Fsp3) is 0.462. The largest absolute Gasteiger partial charge is 0.497 e. The zero-order valence-electron chi connectivity index (χ0n) is 21.5. The third kappa shape index (κ3) is 11.0. The molecule has 2 N–H and O–H groups in total. The zero-order valence-corrected chi connectivity index (χ0v) is 21.5. The van der Waals surface area contributed by atoms with Crippen molar-refractivity contribution in [2.75, 3.05) is 27.3 Å². The molecule has 9 heteroatoms. The molecule has 0 bridgehead atoms. The topological polar surface area (TPSA) is 107 Å². The Morgan fingerprint density at radius 1 is 1.23 bits per heavy atom. The third-order valence-corrected chi connectivity index (χ3v) is 4.92. The predicted molar refractivity (Wildman–Crippen MR) is 139 cm³/mol. The van der Waals surface area contributed by atoms with E-state index in [0.717, 1.165) is 30.0 Å². The van der Waals surface area contributed by atoms with Crippen LogP contribution >= 0.6 is 0 Å². The number of nitrogens with zero attached hydrogens (tertiary/aromatic N) is 3. The molecule has 0 saturated carbocycles. The lowest BCUT2D eigenvalue weighted by atomic mass is 10.1. The number of carbonyl (C=O) groups excluding carboxylic acids is 2. The van der Waals surface area contributed by atoms with Crippen LogP contribution in [0.25, 0.3) is 6.20 Å². The molecular formula is C26H39N5O4. The average molecular weight is 486 g/mol. The summed E-state index contributed by atoms with van der Waals surface area (Å²) >= 11 is 0. The van der Waals surface area contributed by atoms with Gasteiger partial charge in [-0.15, -0.1) is 11.7 Å². The van der Waals surface area contributed by atoms with Crippen molar-refractivity contribution < 1.29 is 19.1 Å². The van der Waals surface area contributed by atoms with Crippen LogP contribution in [-0.2, 0) is 11.2 Å². The van der Waals surface area contributed by atoms with Gasteiger partial charge in [-0.05, 0) is 64.4 Å². The molecule has 0 aliphatic carbocycles. The van der Waals surface area contributed by atoms with Crippen LogP contribution in [0.3, 0.4) is 0 Å². The normalized spacial score (nSPS) is 11.3. The Labute approximate surface area is 208 Å². The number of nitrogens with one attached hydrogen (secondary N) is 2. The summed E-state index contributed by atoms with van der Waals surface area (Å²) in [6.07, 6.45) is 7.98. The van der Waals surface area contributed by atoms with E-state index >= 15 is 0 Å². The van der Waals surface area contributed by atoms with Gasteiger partial charge in [0, 0.05) is 18.7 Å². The van der Waals surface area contributed by atoms with Crippen molar-refractivity contribution in [2.24, 2.45) is 0 Å². The lowest BCUT2D eigenvalue weighted by Gasteiger charge is -2.11. The molecular weight excluding hydrogens is 446 g/mol. The molecule has 0 aliphatic heterocycles. The first kappa shape index (κ1) is 29.6. The average Bonchev–Trinajstić information content (AvgIpc) is 3.25. The molecule has 35 heavy (non-hydrogen) atoms. The molecule has 0 spiro atoms. The Hall–Kier alpha value is -3.46. The van der Waals surface area contributed by atoms with E-state index in [1.165, 1.54) is 0 Å². The van der Waals surface area contributed by atoms with Crippen molar-refractivity contribution in [1.82, 2.24) is 25.6 Å². The number of methoxy groups -OCH3 is 1. The van der Waals surface area contributed by atoms with E-state index in [1.54, 1.807) is 31.1 Å². The monoisotopic (exact) mass is 485 g/mol. The number of Topliss-reactive ketones (excluding diaryl/α,β-unsaturated/α-hetero) is 1. The van der Waals surface area contributed by atoms with Crippen LogP contribution in [0.2, 0.25) is 0 Å². The summed E-state index contributed by atoms with van der Waals surface area (Å²) in [6, 6.07) is 7.55. The molecule has 192 valence electrons. The molecule has 1 heterocycles. The fourth-order valence-corrected chi connectivity index (χ4v) is 2.91. The minimum absolute atomic E-state index is 0.0932. The predicted octanol–water partition coefficient (Wildman–Crippen LogP) is 3.67. The van der Waals surface area contributed by atoms with Crippen LogP contribution in [-0.4, -0.2) is 60.0 Å². The number of hydrogen-bond donors (Lipinski definition) is 2. The summed E-state index contributed by atoms with van der Waals surface area (Å²) in [7, 11) is 3.38. The summed E-state index contributed by atoms with van der Waals surface area (Å²) in [5, 5.41) is 13.9. The lowest BCUT2D eigenvalue weighted by Crippen LogP contribution is -2.33. The fourth-order valence-electron chi connectivity index (χ4n) is 2.91. The maximum Gasteiger partial charge on any atom is 0.273 e. The van der Waals surface area contributed by atoms with Gasteiger partial charge in [0.25, 0.3) is 5.91 Å². The summed E-state index contributed by atoms with van der Waals surface area (Å²) < 4.78 is 12.5. The number of ether oxygens (including phenoxy) is 2. The van der Waals surface area contributed by atoms with Gasteiger partial charge in [0.2, 0.25) is 0 Å². The number of allylic oxidation sites excluding steroid dienone is 2. The molecule has 0 saturated heterocycles. The highest BCUT2D eigenvalue weighted by molar-refractivity contribution is 5.93.